The molecule has 0 saturated heterocycles. The number of carboxylic acid groups (broad SMARTS) is 1. The number of sulfonamides is 1. The lowest BCUT2D eigenvalue weighted by Crippen LogP contribution is -2.40. The number of nitriles is 1. The molecule has 8 heteroatoms. The summed E-state index contributed by atoms with van der Waals surface area (Å²) in [7, 11) is -3.98. The SMILES string of the molecule is CCC(C)(CNS(=O)(=O)c1cccnc1C#N)C(=O)O. The third-order valence-corrected chi connectivity index (χ3v) is 4.55. The molecule has 7 nitrogen and oxygen atoms in total. The highest BCUT2D eigenvalue weighted by molar-refractivity contribution is 7.89. The largest absolute Gasteiger partial charge is 0.481 e. The van der Waals surface area contributed by atoms with Crippen molar-refractivity contribution in [3.63, 3.8) is 0 Å². The second-order valence-corrected chi connectivity index (χ2v) is 6.24. The van der Waals surface area contributed by atoms with Crippen molar-refractivity contribution in [1.82, 2.24) is 9.71 Å². The molecule has 0 aliphatic heterocycles. The number of nitrogens with one attached hydrogen (secondary N) is 1. The van der Waals surface area contributed by atoms with Crippen molar-refractivity contribution in [3.05, 3.63) is 24.0 Å². The number of carbonyl (C=O) groups is 1. The van der Waals surface area contributed by atoms with Crippen molar-refractivity contribution >= 4 is 16.0 Å². The van der Waals surface area contributed by atoms with E-state index in [4.69, 9.17) is 10.4 Å². The first-order valence-corrected chi connectivity index (χ1v) is 7.33. The highest BCUT2D eigenvalue weighted by Crippen LogP contribution is 2.21. The summed E-state index contributed by atoms with van der Waals surface area (Å²) in [6.45, 7) is 2.85. The lowest BCUT2D eigenvalue weighted by molar-refractivity contribution is -0.147. The van der Waals surface area contributed by atoms with E-state index in [-0.39, 0.29) is 23.6 Å². The predicted molar refractivity (Wildman–Crippen MR) is 70.2 cm³/mol. The van der Waals surface area contributed by atoms with Crippen LogP contribution < -0.4 is 4.72 Å². The Morgan fingerprint density at radius 2 is 2.25 bits per heavy atom. The fourth-order valence-electron chi connectivity index (χ4n) is 1.38. The lowest BCUT2D eigenvalue weighted by Gasteiger charge is -2.23. The van der Waals surface area contributed by atoms with Gasteiger partial charge in [0.1, 0.15) is 11.0 Å². The fourth-order valence-corrected chi connectivity index (χ4v) is 2.65. The molecule has 1 aromatic rings. The number of carboxylic acids is 1. The maximum absolute atomic E-state index is 12.1. The Bertz CT molecular complexity index is 651. The Hall–Kier alpha value is -1.98. The van der Waals surface area contributed by atoms with E-state index in [9.17, 15) is 13.2 Å². The van der Waals surface area contributed by atoms with E-state index in [1.54, 1.807) is 13.0 Å². The van der Waals surface area contributed by atoms with E-state index in [1.807, 2.05) is 0 Å². The summed E-state index contributed by atoms with van der Waals surface area (Å²) >= 11 is 0. The van der Waals surface area contributed by atoms with Crippen LogP contribution in [0, 0.1) is 16.7 Å². The summed E-state index contributed by atoms with van der Waals surface area (Å²) < 4.78 is 26.4. The van der Waals surface area contributed by atoms with Gasteiger partial charge >= 0.3 is 5.97 Å². The molecule has 1 heterocycles. The molecule has 0 aliphatic rings. The van der Waals surface area contributed by atoms with Gasteiger partial charge in [0, 0.05) is 12.7 Å². The van der Waals surface area contributed by atoms with Crippen LogP contribution in [0.25, 0.3) is 0 Å². The first kappa shape index (κ1) is 16.1. The molecule has 0 amide bonds. The molecule has 2 N–H and O–H groups in total. The molecule has 1 rings (SSSR count). The quantitative estimate of drug-likeness (QED) is 0.798. The molecule has 1 aromatic heterocycles. The Morgan fingerprint density at radius 1 is 1.60 bits per heavy atom. The molecule has 108 valence electrons. The molecule has 0 aliphatic carbocycles. The first-order chi connectivity index (χ1) is 9.27. The van der Waals surface area contributed by atoms with Crippen LogP contribution in [0.2, 0.25) is 0 Å². The molecule has 0 aromatic carbocycles. The normalized spacial score (nSPS) is 14.2. The molecular weight excluding hydrogens is 282 g/mol. The van der Waals surface area contributed by atoms with Crippen molar-refractivity contribution in [2.45, 2.75) is 25.2 Å². The van der Waals surface area contributed by atoms with Crippen LogP contribution in [0.1, 0.15) is 26.0 Å². The molecule has 0 radical (unpaired) electrons. The zero-order valence-corrected chi connectivity index (χ0v) is 11.9. The topological polar surface area (TPSA) is 120 Å². The molecule has 1 atom stereocenters. The van der Waals surface area contributed by atoms with Gasteiger partial charge in [-0.2, -0.15) is 5.26 Å². The van der Waals surface area contributed by atoms with Crippen LogP contribution in [-0.2, 0) is 14.8 Å². The summed E-state index contributed by atoms with van der Waals surface area (Å²) in [5.74, 6) is -1.09. The molecule has 0 bridgehead atoms. The predicted octanol–water partition coefficient (Wildman–Crippen LogP) is 0.732. The van der Waals surface area contributed by atoms with Gasteiger partial charge in [-0.3, -0.25) is 4.79 Å². The molecule has 0 saturated carbocycles. The van der Waals surface area contributed by atoms with Crippen molar-refractivity contribution in [2.24, 2.45) is 5.41 Å². The van der Waals surface area contributed by atoms with E-state index < -0.39 is 21.4 Å². The lowest BCUT2D eigenvalue weighted by atomic mass is 9.88. The van der Waals surface area contributed by atoms with Crippen molar-refractivity contribution < 1.29 is 18.3 Å². The average Bonchev–Trinajstić information content (AvgIpc) is 2.44. The zero-order chi connectivity index (χ0) is 15.4. The van der Waals surface area contributed by atoms with Crippen LogP contribution >= 0.6 is 0 Å². The van der Waals surface area contributed by atoms with Crippen molar-refractivity contribution in [2.75, 3.05) is 6.54 Å². The van der Waals surface area contributed by atoms with Gasteiger partial charge in [-0.05, 0) is 25.5 Å². The Balaban J connectivity index is 3.03. The van der Waals surface area contributed by atoms with E-state index >= 15 is 0 Å². The third-order valence-electron chi connectivity index (χ3n) is 3.12. The first-order valence-electron chi connectivity index (χ1n) is 5.85. The zero-order valence-electron chi connectivity index (χ0n) is 11.1. The monoisotopic (exact) mass is 297 g/mol. The van der Waals surface area contributed by atoms with E-state index in [1.165, 1.54) is 25.3 Å². The third kappa shape index (κ3) is 3.31. The number of pyridine rings is 1. The summed E-state index contributed by atoms with van der Waals surface area (Å²) in [6.07, 6.45) is 1.58. The number of hydrogen-bond acceptors (Lipinski definition) is 5. The van der Waals surface area contributed by atoms with E-state index in [0.29, 0.717) is 0 Å². The number of aliphatic carboxylic acids is 1. The second-order valence-electron chi connectivity index (χ2n) is 4.51. The van der Waals surface area contributed by atoms with Crippen LogP contribution in [0.5, 0.6) is 0 Å². The van der Waals surface area contributed by atoms with Crippen LogP contribution in [0.15, 0.2) is 23.2 Å². The Labute approximate surface area is 117 Å². The number of nitrogens with zero attached hydrogens (tertiary/aromatic N) is 2. The number of hydrogen-bond donors (Lipinski definition) is 2. The summed E-state index contributed by atoms with van der Waals surface area (Å²) in [5, 5.41) is 17.9. The molecular formula is C12H15N3O4S. The standard InChI is InChI=1S/C12H15N3O4S/c1-3-12(2,11(16)17)8-15-20(18,19)10-5-4-6-14-9(10)7-13/h4-6,15H,3,8H2,1-2H3,(H,16,17). The van der Waals surface area contributed by atoms with Gasteiger partial charge in [-0.25, -0.2) is 18.1 Å². The van der Waals surface area contributed by atoms with Gasteiger partial charge < -0.3 is 5.11 Å². The molecule has 1 unspecified atom stereocenters. The maximum Gasteiger partial charge on any atom is 0.310 e. The smallest absolute Gasteiger partial charge is 0.310 e. The second kappa shape index (κ2) is 5.98. The summed E-state index contributed by atoms with van der Waals surface area (Å²) in [4.78, 5) is 14.5. The highest BCUT2D eigenvalue weighted by atomic mass is 32.2. The van der Waals surface area contributed by atoms with E-state index in [0.717, 1.165) is 0 Å². The highest BCUT2D eigenvalue weighted by Gasteiger charge is 2.33. The number of rotatable bonds is 6. The van der Waals surface area contributed by atoms with Crippen LogP contribution in [0.3, 0.4) is 0 Å². The summed E-state index contributed by atoms with van der Waals surface area (Å²) in [5.41, 5.74) is -1.43. The van der Waals surface area contributed by atoms with Gasteiger partial charge in [0.2, 0.25) is 10.0 Å². The van der Waals surface area contributed by atoms with Crippen LogP contribution in [-0.4, -0.2) is 31.0 Å². The van der Waals surface area contributed by atoms with Crippen LogP contribution in [0.4, 0.5) is 0 Å². The minimum Gasteiger partial charge on any atom is -0.481 e. The Kier molecular flexibility index (Phi) is 4.81. The Morgan fingerprint density at radius 3 is 2.75 bits per heavy atom. The molecule has 20 heavy (non-hydrogen) atoms. The van der Waals surface area contributed by atoms with E-state index in [2.05, 4.69) is 9.71 Å². The maximum atomic E-state index is 12.1. The average molecular weight is 297 g/mol. The summed E-state index contributed by atoms with van der Waals surface area (Å²) in [6, 6.07) is 4.33. The van der Waals surface area contributed by atoms with Gasteiger partial charge in [-0.15, -0.1) is 0 Å². The van der Waals surface area contributed by atoms with Gasteiger partial charge in [0.15, 0.2) is 5.69 Å². The van der Waals surface area contributed by atoms with Gasteiger partial charge in [0.05, 0.1) is 5.41 Å². The molecule has 0 spiro atoms. The minimum atomic E-state index is -3.98. The number of aromatic nitrogens is 1. The van der Waals surface area contributed by atoms with Gasteiger partial charge in [0.25, 0.3) is 0 Å². The van der Waals surface area contributed by atoms with Crippen molar-refractivity contribution in [3.8, 4) is 6.07 Å². The fraction of sp³-hybridized carbons (Fsp3) is 0.417. The van der Waals surface area contributed by atoms with Crippen molar-refractivity contribution in [1.29, 1.82) is 5.26 Å². The minimum absolute atomic E-state index is 0.228. The molecule has 0 fully saturated rings. The van der Waals surface area contributed by atoms with Gasteiger partial charge in [-0.1, -0.05) is 6.92 Å².